The minimum absolute atomic E-state index is 0.150. The number of nitrogens with one attached hydrogen (secondary N) is 1. The van der Waals surface area contributed by atoms with Crippen LogP contribution in [0.15, 0.2) is 41.1 Å². The summed E-state index contributed by atoms with van der Waals surface area (Å²) >= 11 is 0. The highest BCUT2D eigenvalue weighted by Gasteiger charge is 2.23. The van der Waals surface area contributed by atoms with E-state index < -0.39 is 23.4 Å². The first-order chi connectivity index (χ1) is 14.9. The normalized spacial score (nSPS) is 14.2. The first-order valence-corrected chi connectivity index (χ1v) is 9.97. The van der Waals surface area contributed by atoms with E-state index in [2.05, 4.69) is 20.4 Å². The van der Waals surface area contributed by atoms with Crippen LogP contribution in [0.2, 0.25) is 0 Å². The third-order valence-electron chi connectivity index (χ3n) is 5.03. The van der Waals surface area contributed by atoms with Crippen molar-refractivity contribution in [3.63, 3.8) is 0 Å². The van der Waals surface area contributed by atoms with Crippen molar-refractivity contribution in [3.8, 4) is 11.4 Å². The van der Waals surface area contributed by atoms with Gasteiger partial charge in [-0.3, -0.25) is 0 Å². The molecule has 10 heteroatoms. The van der Waals surface area contributed by atoms with Gasteiger partial charge in [0, 0.05) is 43.9 Å². The molecule has 1 aliphatic heterocycles. The van der Waals surface area contributed by atoms with Crippen LogP contribution in [0, 0.1) is 11.6 Å². The summed E-state index contributed by atoms with van der Waals surface area (Å²) in [6, 6.07) is 6.65. The van der Waals surface area contributed by atoms with Crippen LogP contribution >= 0.6 is 0 Å². The molecule has 0 atom stereocenters. The molecule has 0 unspecified atom stereocenters. The fraction of sp³-hybridized carbons (Fsp3) is 0.333. The summed E-state index contributed by atoms with van der Waals surface area (Å²) in [6.45, 7) is 5.83. The number of nitrogens with zero attached hydrogens (tertiary/aromatic N) is 5. The van der Waals surface area contributed by atoms with Crippen molar-refractivity contribution in [2.45, 2.75) is 19.8 Å². The highest BCUT2D eigenvalue weighted by atomic mass is 19.1. The van der Waals surface area contributed by atoms with Gasteiger partial charge in [0.1, 0.15) is 23.1 Å². The molecule has 3 aromatic rings. The van der Waals surface area contributed by atoms with Crippen molar-refractivity contribution in [1.82, 2.24) is 20.0 Å². The van der Waals surface area contributed by atoms with E-state index in [4.69, 9.17) is 4.52 Å². The number of pyridine rings is 1. The van der Waals surface area contributed by atoms with Gasteiger partial charge in [-0.25, -0.2) is 18.6 Å². The van der Waals surface area contributed by atoms with E-state index in [1.807, 2.05) is 30.9 Å². The average molecular weight is 428 g/mol. The molecule has 1 aromatic carbocycles. The number of hydrogen-bond acceptors (Lipinski definition) is 6. The summed E-state index contributed by atoms with van der Waals surface area (Å²) in [5.74, 6) is 0.360. The van der Waals surface area contributed by atoms with E-state index >= 15 is 0 Å². The molecule has 162 valence electrons. The Labute approximate surface area is 177 Å². The van der Waals surface area contributed by atoms with Gasteiger partial charge in [-0.2, -0.15) is 4.98 Å². The third kappa shape index (κ3) is 4.47. The molecule has 3 heterocycles. The van der Waals surface area contributed by atoms with Crippen molar-refractivity contribution in [1.29, 1.82) is 0 Å². The molecular formula is C21H22F2N6O2. The molecule has 8 nitrogen and oxygen atoms in total. The monoisotopic (exact) mass is 428 g/mol. The van der Waals surface area contributed by atoms with Crippen molar-refractivity contribution in [2.75, 3.05) is 36.4 Å². The maximum atomic E-state index is 13.8. The predicted molar refractivity (Wildman–Crippen MR) is 111 cm³/mol. The number of halogens is 2. The number of para-hydroxylation sites is 1. The van der Waals surface area contributed by atoms with E-state index in [1.165, 1.54) is 11.0 Å². The maximum Gasteiger partial charge on any atom is 0.322 e. The van der Waals surface area contributed by atoms with E-state index in [1.54, 1.807) is 6.20 Å². The zero-order valence-corrected chi connectivity index (χ0v) is 17.2. The van der Waals surface area contributed by atoms with Crippen molar-refractivity contribution >= 4 is 17.5 Å². The van der Waals surface area contributed by atoms with Gasteiger partial charge >= 0.3 is 6.03 Å². The lowest BCUT2D eigenvalue weighted by Gasteiger charge is -2.35. The number of hydrogen-bond donors (Lipinski definition) is 1. The molecule has 2 amide bonds. The molecule has 0 spiro atoms. The molecular weight excluding hydrogens is 406 g/mol. The van der Waals surface area contributed by atoms with Gasteiger partial charge < -0.3 is 19.6 Å². The first kappa shape index (κ1) is 20.7. The second kappa shape index (κ2) is 8.66. The Balaban J connectivity index is 1.35. The Bertz CT molecular complexity index is 1040. The topological polar surface area (TPSA) is 87.4 Å². The Kier molecular flexibility index (Phi) is 5.79. The second-order valence-corrected chi connectivity index (χ2v) is 7.52. The zero-order valence-electron chi connectivity index (χ0n) is 17.2. The molecule has 1 saturated heterocycles. The Morgan fingerprint density at radius 1 is 1.10 bits per heavy atom. The number of carbonyl (C=O) groups excluding carboxylic acids is 1. The average Bonchev–Trinajstić information content (AvgIpc) is 3.27. The highest BCUT2D eigenvalue weighted by molar-refractivity contribution is 5.89. The molecule has 1 fully saturated rings. The molecule has 1 aliphatic rings. The highest BCUT2D eigenvalue weighted by Crippen LogP contribution is 2.22. The lowest BCUT2D eigenvalue weighted by molar-refractivity contribution is 0.208. The summed E-state index contributed by atoms with van der Waals surface area (Å²) in [6.07, 6.45) is 1.68. The fourth-order valence-electron chi connectivity index (χ4n) is 3.23. The summed E-state index contributed by atoms with van der Waals surface area (Å²) in [4.78, 5) is 24.8. The van der Waals surface area contributed by atoms with Gasteiger partial charge in [-0.05, 0) is 24.3 Å². The number of anilines is 2. The van der Waals surface area contributed by atoms with E-state index in [9.17, 15) is 13.6 Å². The zero-order chi connectivity index (χ0) is 22.0. The number of piperazine rings is 1. The number of amides is 2. The van der Waals surface area contributed by atoms with Crippen LogP contribution in [-0.4, -0.2) is 52.2 Å². The van der Waals surface area contributed by atoms with Gasteiger partial charge in [0.15, 0.2) is 0 Å². The Morgan fingerprint density at radius 2 is 1.81 bits per heavy atom. The lowest BCUT2D eigenvalue weighted by Crippen LogP contribution is -2.50. The number of rotatable bonds is 4. The van der Waals surface area contributed by atoms with Crippen molar-refractivity contribution in [3.05, 3.63) is 54.1 Å². The van der Waals surface area contributed by atoms with Gasteiger partial charge in [-0.1, -0.05) is 25.1 Å². The number of aromatic nitrogens is 3. The van der Waals surface area contributed by atoms with Crippen LogP contribution in [-0.2, 0) is 0 Å². The van der Waals surface area contributed by atoms with Crippen LogP contribution in [0.4, 0.5) is 25.1 Å². The minimum atomic E-state index is -0.807. The van der Waals surface area contributed by atoms with Crippen LogP contribution in [0.25, 0.3) is 11.4 Å². The van der Waals surface area contributed by atoms with E-state index in [0.29, 0.717) is 37.9 Å². The van der Waals surface area contributed by atoms with Crippen LogP contribution < -0.4 is 10.2 Å². The second-order valence-electron chi connectivity index (χ2n) is 7.52. The fourth-order valence-corrected chi connectivity index (χ4v) is 3.23. The number of urea groups is 1. The van der Waals surface area contributed by atoms with Crippen molar-refractivity contribution < 1.29 is 18.1 Å². The molecule has 0 bridgehead atoms. The van der Waals surface area contributed by atoms with E-state index in [-0.39, 0.29) is 5.92 Å². The van der Waals surface area contributed by atoms with Gasteiger partial charge in [-0.15, -0.1) is 0 Å². The molecule has 4 rings (SSSR count). The quantitative estimate of drug-likeness (QED) is 0.679. The standard InChI is InChI=1S/C21H22F2N6O2/c1-13(2)20-26-19(27-31-20)14-6-7-17(24-12-14)28-8-10-29(11-9-28)21(30)25-18-15(22)4-3-5-16(18)23/h3-7,12-13H,8-11H2,1-2H3,(H,25,30). The number of carbonyl (C=O) groups is 1. The predicted octanol–water partition coefficient (Wildman–Crippen LogP) is 3.89. The molecule has 31 heavy (non-hydrogen) atoms. The molecule has 0 aliphatic carbocycles. The van der Waals surface area contributed by atoms with E-state index in [0.717, 1.165) is 23.5 Å². The van der Waals surface area contributed by atoms with Gasteiger partial charge in [0.2, 0.25) is 11.7 Å². The summed E-state index contributed by atoms with van der Waals surface area (Å²) in [5.41, 5.74) is 0.318. The first-order valence-electron chi connectivity index (χ1n) is 9.97. The summed E-state index contributed by atoms with van der Waals surface area (Å²) < 4.78 is 32.7. The smallest absolute Gasteiger partial charge is 0.322 e. The molecule has 1 N–H and O–H groups in total. The van der Waals surface area contributed by atoms with Gasteiger partial charge in [0.25, 0.3) is 0 Å². The molecule has 0 saturated carbocycles. The van der Waals surface area contributed by atoms with Crippen LogP contribution in [0.1, 0.15) is 25.7 Å². The minimum Gasteiger partial charge on any atom is -0.353 e. The van der Waals surface area contributed by atoms with Gasteiger partial charge in [0.05, 0.1) is 0 Å². The van der Waals surface area contributed by atoms with Crippen molar-refractivity contribution in [2.24, 2.45) is 0 Å². The molecule has 2 aromatic heterocycles. The Hall–Kier alpha value is -3.56. The maximum absolute atomic E-state index is 13.8. The summed E-state index contributed by atoms with van der Waals surface area (Å²) in [5, 5.41) is 6.30. The third-order valence-corrected chi connectivity index (χ3v) is 5.03. The van der Waals surface area contributed by atoms with Crippen LogP contribution in [0.3, 0.4) is 0 Å². The SMILES string of the molecule is CC(C)c1nc(-c2ccc(N3CCN(C(=O)Nc4c(F)cccc4F)CC3)nc2)no1. The molecule has 0 radical (unpaired) electrons. The number of benzene rings is 1. The largest absolute Gasteiger partial charge is 0.353 e. The lowest BCUT2D eigenvalue weighted by atomic mass is 10.2. The van der Waals surface area contributed by atoms with Crippen LogP contribution in [0.5, 0.6) is 0 Å². The summed E-state index contributed by atoms with van der Waals surface area (Å²) in [7, 11) is 0. The Morgan fingerprint density at radius 3 is 2.39 bits per heavy atom.